The molecule has 7 nitrogen and oxygen atoms in total. The van der Waals surface area contributed by atoms with Crippen molar-refractivity contribution >= 4 is 68.1 Å². The molecule has 0 aliphatic carbocycles. The van der Waals surface area contributed by atoms with Crippen molar-refractivity contribution in [2.45, 2.75) is 19.9 Å². The second-order valence-electron chi connectivity index (χ2n) is 6.58. The first-order valence-electron chi connectivity index (χ1n) is 8.92. The minimum atomic E-state index is -0.0504. The smallest absolute Gasteiger partial charge is 0.263 e. The highest BCUT2D eigenvalue weighted by Crippen LogP contribution is 2.41. The third-order valence-corrected chi connectivity index (χ3v) is 5.72. The van der Waals surface area contributed by atoms with Crippen LogP contribution in [0, 0.1) is 0 Å². The lowest BCUT2D eigenvalue weighted by Gasteiger charge is -2.10. The number of nitrogens with zero attached hydrogens (tertiary/aromatic N) is 3. The van der Waals surface area contributed by atoms with E-state index in [4.69, 9.17) is 16.3 Å². The van der Waals surface area contributed by atoms with Gasteiger partial charge in [0.25, 0.3) is 5.91 Å². The zero-order valence-corrected chi connectivity index (χ0v) is 17.4. The average Bonchev–Trinajstić information content (AvgIpc) is 2.98. The first-order chi connectivity index (χ1) is 14.0. The SMILES string of the molecule is C=N/C=C(Cl)\N=C(/C)Oc1ccc2c(ccc3sc4c(c32)NC[C@@H](C)NC4=O)n1. The van der Waals surface area contributed by atoms with Gasteiger partial charge in [0.1, 0.15) is 4.88 Å². The molecule has 29 heavy (non-hydrogen) atoms. The van der Waals surface area contributed by atoms with E-state index in [2.05, 4.69) is 32.3 Å². The van der Waals surface area contributed by atoms with E-state index in [1.807, 2.05) is 25.1 Å². The van der Waals surface area contributed by atoms with Crippen LogP contribution in [-0.2, 0) is 0 Å². The van der Waals surface area contributed by atoms with E-state index in [1.165, 1.54) is 17.5 Å². The van der Waals surface area contributed by atoms with Crippen LogP contribution < -0.4 is 15.4 Å². The van der Waals surface area contributed by atoms with Crippen LogP contribution in [0.15, 0.2) is 45.6 Å². The number of aliphatic imine (C=N–C) groups is 2. The fourth-order valence-electron chi connectivity index (χ4n) is 3.19. The highest BCUT2D eigenvalue weighted by atomic mass is 35.5. The number of thiophene rings is 1. The molecule has 0 spiro atoms. The number of anilines is 1. The molecule has 2 N–H and O–H groups in total. The maximum atomic E-state index is 12.5. The maximum absolute atomic E-state index is 12.5. The van der Waals surface area contributed by atoms with Gasteiger partial charge in [-0.15, -0.1) is 11.3 Å². The third kappa shape index (κ3) is 3.81. The molecule has 3 heterocycles. The summed E-state index contributed by atoms with van der Waals surface area (Å²) in [6, 6.07) is 7.67. The van der Waals surface area contributed by atoms with E-state index in [1.54, 1.807) is 13.0 Å². The van der Waals surface area contributed by atoms with E-state index in [9.17, 15) is 4.79 Å². The summed E-state index contributed by atoms with van der Waals surface area (Å²) in [5.41, 5.74) is 1.62. The van der Waals surface area contributed by atoms with Gasteiger partial charge in [0, 0.05) is 41.0 Å². The second kappa shape index (κ2) is 7.81. The molecule has 1 amide bonds. The topological polar surface area (TPSA) is 88.0 Å². The quantitative estimate of drug-likeness (QED) is 0.365. The van der Waals surface area contributed by atoms with E-state index in [0.717, 1.165) is 26.7 Å². The molecule has 2 aromatic heterocycles. The predicted molar refractivity (Wildman–Crippen MR) is 120 cm³/mol. The van der Waals surface area contributed by atoms with Gasteiger partial charge in [-0.3, -0.25) is 9.79 Å². The minimum absolute atomic E-state index is 0.0504. The van der Waals surface area contributed by atoms with Crippen molar-refractivity contribution in [2.75, 3.05) is 11.9 Å². The number of rotatable bonds is 3. The van der Waals surface area contributed by atoms with Gasteiger partial charge in [-0.25, -0.2) is 9.98 Å². The maximum Gasteiger partial charge on any atom is 0.263 e. The van der Waals surface area contributed by atoms with Crippen LogP contribution in [0.25, 0.3) is 21.0 Å². The largest absolute Gasteiger partial charge is 0.425 e. The Hall–Kier alpha value is -2.97. The summed E-state index contributed by atoms with van der Waals surface area (Å²) in [6.07, 6.45) is 1.32. The average molecular weight is 428 g/mol. The lowest BCUT2D eigenvalue weighted by molar-refractivity contribution is 0.0949. The summed E-state index contributed by atoms with van der Waals surface area (Å²) in [5.74, 6) is 0.680. The van der Waals surface area contributed by atoms with Crippen molar-refractivity contribution < 1.29 is 9.53 Å². The summed E-state index contributed by atoms with van der Waals surface area (Å²) in [6.45, 7) is 7.65. The molecule has 4 rings (SSSR count). The van der Waals surface area contributed by atoms with Crippen molar-refractivity contribution in [1.29, 1.82) is 0 Å². The van der Waals surface area contributed by atoms with Gasteiger partial charge in [-0.1, -0.05) is 11.6 Å². The number of hydrogen-bond acceptors (Lipinski definition) is 7. The lowest BCUT2D eigenvalue weighted by atomic mass is 10.1. The van der Waals surface area contributed by atoms with Gasteiger partial charge in [-0.05, 0) is 31.8 Å². The summed E-state index contributed by atoms with van der Waals surface area (Å²) in [5, 5.41) is 8.53. The van der Waals surface area contributed by atoms with Crippen LogP contribution in [0.1, 0.15) is 23.5 Å². The van der Waals surface area contributed by atoms with Crippen LogP contribution >= 0.6 is 22.9 Å². The highest BCUT2D eigenvalue weighted by molar-refractivity contribution is 7.21. The highest BCUT2D eigenvalue weighted by Gasteiger charge is 2.24. The number of carbonyl (C=O) groups is 1. The van der Waals surface area contributed by atoms with Crippen molar-refractivity contribution in [3.05, 3.63) is 40.5 Å². The molecule has 1 atom stereocenters. The molecule has 0 saturated carbocycles. The zero-order chi connectivity index (χ0) is 20.5. The Labute approximate surface area is 176 Å². The predicted octanol–water partition coefficient (Wildman–Crippen LogP) is 4.53. The number of aromatic nitrogens is 1. The van der Waals surface area contributed by atoms with Crippen LogP contribution in [0.3, 0.4) is 0 Å². The van der Waals surface area contributed by atoms with Crippen molar-refractivity contribution in [1.82, 2.24) is 10.3 Å². The summed E-state index contributed by atoms with van der Waals surface area (Å²) >= 11 is 7.37. The molecule has 0 radical (unpaired) electrons. The number of fused-ring (bicyclic) bond motifs is 5. The number of pyridine rings is 1. The number of nitrogens with one attached hydrogen (secondary N) is 2. The first kappa shape index (κ1) is 19.4. The van der Waals surface area contributed by atoms with E-state index in [-0.39, 0.29) is 17.1 Å². The number of halogens is 1. The van der Waals surface area contributed by atoms with Crippen LogP contribution in [-0.4, -0.2) is 36.1 Å². The van der Waals surface area contributed by atoms with Gasteiger partial charge in [0.05, 0.1) is 17.4 Å². The van der Waals surface area contributed by atoms with Gasteiger partial charge in [0.15, 0.2) is 11.1 Å². The normalized spacial score (nSPS) is 17.5. The Kier molecular flexibility index (Phi) is 5.21. The second-order valence-corrected chi connectivity index (χ2v) is 8.02. The molecule has 1 aliphatic rings. The summed E-state index contributed by atoms with van der Waals surface area (Å²) in [7, 11) is 0. The molecule has 0 saturated heterocycles. The number of hydrogen-bond donors (Lipinski definition) is 2. The molecule has 1 aromatic carbocycles. The Morgan fingerprint density at radius 1 is 1.41 bits per heavy atom. The van der Waals surface area contributed by atoms with Crippen molar-refractivity contribution in [2.24, 2.45) is 9.98 Å². The van der Waals surface area contributed by atoms with E-state index in [0.29, 0.717) is 23.2 Å². The Bertz CT molecular complexity index is 1200. The number of ether oxygens (including phenoxy) is 1. The van der Waals surface area contributed by atoms with Crippen LogP contribution in [0.4, 0.5) is 5.69 Å². The van der Waals surface area contributed by atoms with Crippen LogP contribution in [0.5, 0.6) is 5.88 Å². The number of benzene rings is 1. The van der Waals surface area contributed by atoms with E-state index >= 15 is 0 Å². The van der Waals surface area contributed by atoms with Crippen molar-refractivity contribution in [3.63, 3.8) is 0 Å². The Morgan fingerprint density at radius 2 is 2.24 bits per heavy atom. The minimum Gasteiger partial charge on any atom is -0.425 e. The third-order valence-electron chi connectivity index (χ3n) is 4.38. The Balaban J connectivity index is 1.76. The number of carbonyl (C=O) groups excluding carboxylic acids is 1. The monoisotopic (exact) mass is 427 g/mol. The molecule has 3 aromatic rings. The molecular weight excluding hydrogens is 410 g/mol. The van der Waals surface area contributed by atoms with Crippen LogP contribution in [0.2, 0.25) is 0 Å². The molecule has 0 bridgehead atoms. The van der Waals surface area contributed by atoms with Gasteiger partial charge in [-0.2, -0.15) is 0 Å². The molecule has 0 fully saturated rings. The molecule has 1 aliphatic heterocycles. The molecule has 9 heteroatoms. The standard InChI is InChI=1S/C20H18ClN5O2S/c1-10-8-23-18-17-12-4-7-16(28-11(2)25-15(21)9-22-3)26-13(12)5-6-14(17)29-19(18)20(27)24-10/h4-7,9-10,23H,3,8H2,1-2H3,(H,24,27)/b15-9-,25-11+/t10-/m1/s1. The molecule has 0 unspecified atom stereocenters. The van der Waals surface area contributed by atoms with Gasteiger partial charge >= 0.3 is 0 Å². The number of amides is 1. The van der Waals surface area contributed by atoms with Gasteiger partial charge in [0.2, 0.25) is 5.88 Å². The summed E-state index contributed by atoms with van der Waals surface area (Å²) < 4.78 is 6.70. The fraction of sp³-hybridized carbons (Fsp3) is 0.200. The first-order valence-corrected chi connectivity index (χ1v) is 10.1. The van der Waals surface area contributed by atoms with Crippen molar-refractivity contribution in [3.8, 4) is 5.88 Å². The van der Waals surface area contributed by atoms with E-state index < -0.39 is 0 Å². The summed E-state index contributed by atoms with van der Waals surface area (Å²) in [4.78, 5) is 25.4. The Morgan fingerprint density at radius 3 is 3.03 bits per heavy atom. The molecule has 148 valence electrons. The lowest BCUT2D eigenvalue weighted by Crippen LogP contribution is -2.34. The zero-order valence-electron chi connectivity index (χ0n) is 15.8. The fourth-order valence-corrected chi connectivity index (χ4v) is 4.48. The van der Waals surface area contributed by atoms with Gasteiger partial charge < -0.3 is 15.4 Å². The molecular formula is C20H18ClN5O2S.